The van der Waals surface area contributed by atoms with Gasteiger partial charge in [-0.2, -0.15) is 8.78 Å². The number of fused-ring (bicyclic) bond motifs is 1. The Labute approximate surface area is 184 Å². The predicted molar refractivity (Wildman–Crippen MR) is 109 cm³/mol. The fourth-order valence-corrected chi connectivity index (χ4v) is 3.10. The van der Waals surface area contributed by atoms with Crippen LogP contribution in [0.4, 0.5) is 22.0 Å². The average molecular weight is 465 g/mol. The van der Waals surface area contributed by atoms with Crippen LogP contribution in [0.5, 0.6) is 11.5 Å². The third-order valence-corrected chi connectivity index (χ3v) is 4.72. The summed E-state index contributed by atoms with van der Waals surface area (Å²) in [6.45, 7) is 0.221. The molecule has 172 valence electrons. The maximum atomic E-state index is 13.6. The third-order valence-electron chi connectivity index (χ3n) is 4.72. The van der Waals surface area contributed by atoms with Crippen molar-refractivity contribution in [2.75, 3.05) is 6.61 Å². The molecule has 0 bridgehead atoms. The van der Waals surface area contributed by atoms with E-state index in [9.17, 15) is 32.0 Å². The van der Waals surface area contributed by atoms with Gasteiger partial charge in [0.2, 0.25) is 34.8 Å². The second-order valence-electron chi connectivity index (χ2n) is 6.90. The fourth-order valence-electron chi connectivity index (χ4n) is 3.10. The van der Waals surface area contributed by atoms with E-state index in [0.29, 0.717) is 24.2 Å². The highest BCUT2D eigenvalue weighted by atomic mass is 19.2. The lowest BCUT2D eigenvalue weighted by Gasteiger charge is -2.10. The highest BCUT2D eigenvalue weighted by Gasteiger charge is 2.28. The molecule has 0 N–H and O–H groups in total. The minimum absolute atomic E-state index is 0.219. The van der Waals surface area contributed by atoms with Crippen LogP contribution in [0.3, 0.4) is 0 Å². The van der Waals surface area contributed by atoms with Gasteiger partial charge in [-0.25, -0.2) is 13.2 Å². The normalized spacial score (nSPS) is 10.6. The van der Waals surface area contributed by atoms with Crippen LogP contribution in [0.2, 0.25) is 0 Å². The first-order chi connectivity index (χ1) is 15.8. The van der Waals surface area contributed by atoms with Gasteiger partial charge in [-0.1, -0.05) is 30.3 Å². The molecule has 0 aliphatic rings. The summed E-state index contributed by atoms with van der Waals surface area (Å²) in [5.41, 5.74) is 0.412. The molecule has 0 fully saturated rings. The SMILES string of the molecule is O=C(CCCCCOc1ccc2ccccc2c1C#[N+][O-])Oc1c(F)c(F)c(F)c(F)c1F. The number of nitrogens with zero attached hydrogens (tertiary/aromatic N) is 1. The first-order valence-electron chi connectivity index (χ1n) is 9.80. The number of ether oxygens (including phenoxy) is 2. The third kappa shape index (κ3) is 5.31. The van der Waals surface area contributed by atoms with Gasteiger partial charge in [-0.05, 0) is 30.7 Å². The summed E-state index contributed by atoms with van der Waals surface area (Å²) in [6.07, 6.45) is 0.818. The zero-order valence-electron chi connectivity index (χ0n) is 17.0. The molecule has 0 saturated carbocycles. The van der Waals surface area contributed by atoms with Crippen molar-refractivity contribution in [1.29, 1.82) is 0 Å². The van der Waals surface area contributed by atoms with Crippen molar-refractivity contribution < 1.29 is 36.2 Å². The Morgan fingerprint density at radius 2 is 1.55 bits per heavy atom. The van der Waals surface area contributed by atoms with Crippen molar-refractivity contribution in [2.45, 2.75) is 25.7 Å². The van der Waals surface area contributed by atoms with E-state index in [2.05, 4.69) is 15.8 Å². The van der Waals surface area contributed by atoms with Gasteiger partial charge >= 0.3 is 12.0 Å². The van der Waals surface area contributed by atoms with Gasteiger partial charge in [0.15, 0.2) is 5.56 Å². The molecule has 0 aliphatic carbocycles. The minimum atomic E-state index is -2.33. The second kappa shape index (κ2) is 10.6. The van der Waals surface area contributed by atoms with Crippen LogP contribution in [0, 0.1) is 40.4 Å². The molecule has 0 unspecified atom stereocenters. The molecule has 0 atom stereocenters. The van der Waals surface area contributed by atoms with Crippen molar-refractivity contribution in [3.8, 4) is 17.6 Å². The van der Waals surface area contributed by atoms with E-state index in [1.165, 1.54) is 0 Å². The molecule has 3 aromatic rings. The summed E-state index contributed by atoms with van der Waals surface area (Å²) < 4.78 is 76.4. The van der Waals surface area contributed by atoms with E-state index in [0.717, 1.165) is 10.8 Å². The fraction of sp³-hybridized carbons (Fsp3) is 0.217. The maximum absolute atomic E-state index is 13.6. The number of halogens is 5. The Kier molecular flexibility index (Phi) is 7.66. The van der Waals surface area contributed by atoms with E-state index in [1.807, 2.05) is 18.2 Å². The zero-order valence-corrected chi connectivity index (χ0v) is 17.0. The summed E-state index contributed by atoms with van der Waals surface area (Å²) in [6, 6.07) is 13.2. The van der Waals surface area contributed by atoms with Crippen LogP contribution in [0.1, 0.15) is 31.2 Å². The molecule has 0 aliphatic heterocycles. The lowest BCUT2D eigenvalue weighted by molar-refractivity contribution is -0.135. The smallest absolute Gasteiger partial charge is 0.341 e. The highest BCUT2D eigenvalue weighted by molar-refractivity contribution is 5.90. The van der Waals surface area contributed by atoms with E-state index in [-0.39, 0.29) is 19.4 Å². The quantitative estimate of drug-likeness (QED) is 0.0750. The lowest BCUT2D eigenvalue weighted by atomic mass is 10.0. The van der Waals surface area contributed by atoms with Crippen molar-refractivity contribution in [3.63, 3.8) is 0 Å². The summed E-state index contributed by atoms with van der Waals surface area (Å²) >= 11 is 0. The number of benzene rings is 3. The Hall–Kier alpha value is -3.87. The molecule has 3 rings (SSSR count). The molecule has 0 spiro atoms. The molecule has 10 heteroatoms. The highest BCUT2D eigenvalue weighted by Crippen LogP contribution is 2.30. The maximum Gasteiger partial charge on any atom is 0.341 e. The van der Waals surface area contributed by atoms with E-state index >= 15 is 0 Å². The van der Waals surface area contributed by atoms with Crippen molar-refractivity contribution in [1.82, 2.24) is 0 Å². The predicted octanol–water partition coefficient (Wildman–Crippen LogP) is 6.26. The van der Waals surface area contributed by atoms with Gasteiger partial charge in [0.25, 0.3) is 0 Å². The first-order valence-corrected chi connectivity index (χ1v) is 9.80. The van der Waals surface area contributed by atoms with Crippen LogP contribution in [0.15, 0.2) is 36.4 Å². The molecule has 3 aromatic carbocycles. The van der Waals surface area contributed by atoms with Gasteiger partial charge in [0.05, 0.1) is 6.61 Å². The number of carbonyl (C=O) groups is 1. The number of carbonyl (C=O) groups excluding carboxylic acids is 1. The topological polar surface area (TPSA) is 63.0 Å². The number of hydrogen-bond donors (Lipinski definition) is 0. The van der Waals surface area contributed by atoms with Gasteiger partial charge < -0.3 is 14.7 Å². The molecule has 5 nitrogen and oxygen atoms in total. The zero-order chi connectivity index (χ0) is 24.0. The largest absolute Gasteiger partial charge is 0.498 e. The summed E-state index contributed by atoms with van der Waals surface area (Å²) in [7, 11) is 0. The van der Waals surface area contributed by atoms with Crippen LogP contribution < -0.4 is 9.47 Å². The molecule has 0 saturated heterocycles. The first kappa shape index (κ1) is 23.8. The minimum Gasteiger partial charge on any atom is -0.498 e. The monoisotopic (exact) mass is 465 g/mol. The molecule has 0 amide bonds. The summed E-state index contributed by atoms with van der Waals surface area (Å²) in [5, 5.41) is 15.0. The molecular formula is C23H16F5NO4. The Morgan fingerprint density at radius 3 is 2.24 bits per heavy atom. The summed E-state index contributed by atoms with van der Waals surface area (Å²) in [4.78, 5) is 11.7. The molecule has 33 heavy (non-hydrogen) atoms. The van der Waals surface area contributed by atoms with E-state index in [1.54, 1.807) is 18.2 Å². The van der Waals surface area contributed by atoms with Crippen LogP contribution >= 0.6 is 0 Å². The number of esters is 1. The number of rotatable bonds is 8. The number of hydrogen-bond acceptors (Lipinski definition) is 4. The van der Waals surface area contributed by atoms with E-state index in [4.69, 9.17) is 4.74 Å². The van der Waals surface area contributed by atoms with Crippen LogP contribution in [0.25, 0.3) is 15.8 Å². The number of unbranched alkanes of at least 4 members (excludes halogenated alkanes) is 2. The van der Waals surface area contributed by atoms with Gasteiger partial charge in [-0.15, -0.1) is 0 Å². The molecule has 0 heterocycles. The van der Waals surface area contributed by atoms with Crippen molar-refractivity contribution >= 4 is 16.7 Å². The average Bonchev–Trinajstić information content (AvgIpc) is 2.82. The van der Waals surface area contributed by atoms with E-state index < -0.39 is 40.8 Å². The van der Waals surface area contributed by atoms with Gasteiger partial charge in [-0.3, -0.25) is 4.79 Å². The summed E-state index contributed by atoms with van der Waals surface area (Å²) in [5.74, 6) is -13.5. The lowest BCUT2D eigenvalue weighted by Crippen LogP contribution is -2.13. The van der Waals surface area contributed by atoms with Crippen LogP contribution in [-0.2, 0) is 4.79 Å². The van der Waals surface area contributed by atoms with Crippen molar-refractivity contribution in [2.24, 2.45) is 0 Å². The molecule has 0 aromatic heterocycles. The second-order valence-corrected chi connectivity index (χ2v) is 6.90. The Morgan fingerprint density at radius 1 is 0.879 bits per heavy atom. The van der Waals surface area contributed by atoms with Crippen molar-refractivity contribution in [3.05, 3.63) is 81.3 Å². The standard InChI is InChI=1S/C23H16F5NO4/c24-18-19(25)21(27)23(22(28)20(18)26)33-17(30)8-2-1-5-11-32-16-10-9-13-6-3-4-7-14(13)15(16)12-29-31/h3-4,6-7,9-10H,1-2,5,8,11H2. The molecule has 0 radical (unpaired) electrons. The molecular weight excluding hydrogens is 449 g/mol. The Bertz CT molecular complexity index is 1220. The Balaban J connectivity index is 1.50. The van der Waals surface area contributed by atoms with Gasteiger partial charge in [0, 0.05) is 16.8 Å². The van der Waals surface area contributed by atoms with Crippen LogP contribution in [-0.4, -0.2) is 12.6 Å². The van der Waals surface area contributed by atoms with Gasteiger partial charge in [0.1, 0.15) is 5.75 Å².